The average molecular weight is 468 g/mol. The molecule has 1 N–H and O–H groups in total. The van der Waals surface area contributed by atoms with Crippen molar-refractivity contribution in [2.24, 2.45) is 0 Å². The van der Waals surface area contributed by atoms with Gasteiger partial charge in [0.2, 0.25) is 0 Å². The van der Waals surface area contributed by atoms with Gasteiger partial charge in [-0.15, -0.1) is 0 Å². The molecule has 7 nitrogen and oxygen atoms in total. The highest BCUT2D eigenvalue weighted by Crippen LogP contribution is 2.30. The number of nitriles is 2. The standard InChI is InChI=1S/C28H25N3O4/c1-3-33-25-12-10-24(11-13-25)31-28(32)23(18-30)15-20-9-14-26(27(16-20)34-4-2)35-19-22-8-6-5-7-21(22)17-29/h5-16H,3-4,19H2,1-2H3,(H,31,32)/b23-15-. The second-order valence-electron chi connectivity index (χ2n) is 7.28. The van der Waals surface area contributed by atoms with Gasteiger partial charge in [-0.3, -0.25) is 4.79 Å². The van der Waals surface area contributed by atoms with Crippen LogP contribution < -0.4 is 19.5 Å². The lowest BCUT2D eigenvalue weighted by atomic mass is 10.1. The van der Waals surface area contributed by atoms with E-state index >= 15 is 0 Å². The van der Waals surface area contributed by atoms with Gasteiger partial charge >= 0.3 is 0 Å². The Morgan fingerprint density at radius 2 is 1.66 bits per heavy atom. The highest BCUT2D eigenvalue weighted by atomic mass is 16.5. The largest absolute Gasteiger partial charge is 0.494 e. The number of nitrogens with zero attached hydrogens (tertiary/aromatic N) is 2. The lowest BCUT2D eigenvalue weighted by Gasteiger charge is -2.13. The minimum absolute atomic E-state index is 0.0575. The maximum absolute atomic E-state index is 12.6. The molecule has 3 rings (SSSR count). The molecule has 0 unspecified atom stereocenters. The molecule has 0 saturated carbocycles. The Bertz CT molecular complexity index is 1280. The summed E-state index contributed by atoms with van der Waals surface area (Å²) in [5, 5.41) is 21.5. The fraction of sp³-hybridized carbons (Fsp3) is 0.179. The maximum Gasteiger partial charge on any atom is 0.266 e. The summed E-state index contributed by atoms with van der Waals surface area (Å²) < 4.78 is 17.0. The molecule has 176 valence electrons. The molecule has 35 heavy (non-hydrogen) atoms. The summed E-state index contributed by atoms with van der Waals surface area (Å²) in [5.74, 6) is 1.14. The minimum atomic E-state index is -0.525. The van der Waals surface area contributed by atoms with Gasteiger partial charge in [-0.1, -0.05) is 24.3 Å². The quantitative estimate of drug-likeness (QED) is 0.313. The van der Waals surface area contributed by atoms with Crippen molar-refractivity contribution in [3.63, 3.8) is 0 Å². The van der Waals surface area contributed by atoms with Gasteiger partial charge in [0.15, 0.2) is 11.5 Å². The molecule has 3 aromatic rings. The number of benzene rings is 3. The molecule has 0 heterocycles. The maximum atomic E-state index is 12.6. The molecule has 0 spiro atoms. The van der Waals surface area contributed by atoms with E-state index < -0.39 is 5.91 Å². The van der Waals surface area contributed by atoms with E-state index in [1.54, 1.807) is 54.6 Å². The highest BCUT2D eigenvalue weighted by molar-refractivity contribution is 6.09. The SMILES string of the molecule is CCOc1ccc(NC(=O)/C(C#N)=C\c2ccc(OCc3ccccc3C#N)c(OCC)c2)cc1. The summed E-state index contributed by atoms with van der Waals surface area (Å²) in [5.41, 5.74) is 2.41. The molecule has 7 heteroatoms. The van der Waals surface area contributed by atoms with Crippen LogP contribution in [0.15, 0.2) is 72.3 Å². The van der Waals surface area contributed by atoms with Gasteiger partial charge in [0.1, 0.15) is 24.0 Å². The van der Waals surface area contributed by atoms with E-state index in [4.69, 9.17) is 14.2 Å². The van der Waals surface area contributed by atoms with Crippen molar-refractivity contribution < 1.29 is 19.0 Å². The second kappa shape index (κ2) is 12.5. The fourth-order valence-electron chi connectivity index (χ4n) is 3.23. The van der Waals surface area contributed by atoms with Crippen LogP contribution in [0.2, 0.25) is 0 Å². The van der Waals surface area contributed by atoms with E-state index in [2.05, 4.69) is 11.4 Å². The van der Waals surface area contributed by atoms with Crippen LogP contribution in [0, 0.1) is 22.7 Å². The van der Waals surface area contributed by atoms with Crippen molar-refractivity contribution >= 4 is 17.7 Å². The molecule has 0 aliphatic rings. The Hall–Kier alpha value is -4.75. The van der Waals surface area contributed by atoms with Gasteiger partial charge in [0.05, 0.1) is 24.8 Å². The summed E-state index contributed by atoms with van der Waals surface area (Å²) in [7, 11) is 0. The van der Waals surface area contributed by atoms with E-state index in [-0.39, 0.29) is 12.2 Å². The summed E-state index contributed by atoms with van der Waals surface area (Å²) in [4.78, 5) is 12.6. The van der Waals surface area contributed by atoms with Gasteiger partial charge in [-0.25, -0.2) is 0 Å². The van der Waals surface area contributed by atoms with Crippen molar-refractivity contribution in [1.82, 2.24) is 0 Å². The normalized spacial score (nSPS) is 10.6. The first kappa shape index (κ1) is 24.9. The summed E-state index contributed by atoms with van der Waals surface area (Å²) in [6.07, 6.45) is 1.49. The average Bonchev–Trinajstić information content (AvgIpc) is 2.88. The highest BCUT2D eigenvalue weighted by Gasteiger charge is 2.12. The lowest BCUT2D eigenvalue weighted by molar-refractivity contribution is -0.112. The number of ether oxygens (including phenoxy) is 3. The Kier molecular flexibility index (Phi) is 8.87. The monoisotopic (exact) mass is 467 g/mol. The third-order valence-corrected chi connectivity index (χ3v) is 4.89. The molecule has 0 aliphatic carbocycles. The van der Waals surface area contributed by atoms with Crippen molar-refractivity contribution in [3.8, 4) is 29.4 Å². The van der Waals surface area contributed by atoms with Gasteiger partial charge in [-0.05, 0) is 68.0 Å². The summed E-state index contributed by atoms with van der Waals surface area (Å²) in [6, 6.07) is 23.4. The van der Waals surface area contributed by atoms with Crippen LogP contribution in [0.3, 0.4) is 0 Å². The Morgan fingerprint density at radius 1 is 0.914 bits per heavy atom. The first-order chi connectivity index (χ1) is 17.1. The van der Waals surface area contributed by atoms with Crippen molar-refractivity contribution in [2.75, 3.05) is 18.5 Å². The van der Waals surface area contributed by atoms with E-state index in [0.29, 0.717) is 47.3 Å². The van der Waals surface area contributed by atoms with Crippen LogP contribution in [0.4, 0.5) is 5.69 Å². The van der Waals surface area contributed by atoms with Gasteiger partial charge in [0.25, 0.3) is 5.91 Å². The van der Waals surface area contributed by atoms with Gasteiger partial charge < -0.3 is 19.5 Å². The van der Waals surface area contributed by atoms with Crippen LogP contribution in [0.1, 0.15) is 30.5 Å². The first-order valence-corrected chi connectivity index (χ1v) is 11.1. The predicted octanol–water partition coefficient (Wildman–Crippen LogP) is 5.48. The minimum Gasteiger partial charge on any atom is -0.494 e. The van der Waals surface area contributed by atoms with Crippen LogP contribution >= 0.6 is 0 Å². The predicted molar refractivity (Wildman–Crippen MR) is 133 cm³/mol. The molecule has 3 aromatic carbocycles. The van der Waals surface area contributed by atoms with E-state index in [1.807, 2.05) is 32.0 Å². The fourth-order valence-corrected chi connectivity index (χ4v) is 3.23. The van der Waals surface area contributed by atoms with Crippen molar-refractivity contribution in [2.45, 2.75) is 20.5 Å². The van der Waals surface area contributed by atoms with Crippen molar-refractivity contribution in [3.05, 3.63) is 89.0 Å². The number of amides is 1. The number of hydrogen-bond acceptors (Lipinski definition) is 6. The number of carbonyl (C=O) groups excluding carboxylic acids is 1. The Balaban J connectivity index is 1.76. The summed E-state index contributed by atoms with van der Waals surface area (Å²) in [6.45, 7) is 4.90. The zero-order valence-electron chi connectivity index (χ0n) is 19.6. The van der Waals surface area contributed by atoms with E-state index in [9.17, 15) is 15.3 Å². The lowest BCUT2D eigenvalue weighted by Crippen LogP contribution is -2.13. The first-order valence-electron chi connectivity index (χ1n) is 11.1. The molecule has 1 amide bonds. The number of hydrogen-bond donors (Lipinski definition) is 1. The molecule has 0 saturated heterocycles. The Morgan fingerprint density at radius 3 is 2.34 bits per heavy atom. The van der Waals surface area contributed by atoms with Gasteiger partial charge in [0, 0.05) is 11.3 Å². The van der Waals surface area contributed by atoms with Crippen LogP contribution in [-0.2, 0) is 11.4 Å². The molecule has 0 aliphatic heterocycles. The molecular formula is C28H25N3O4. The van der Waals surface area contributed by atoms with Crippen LogP contribution in [0.5, 0.6) is 17.2 Å². The molecule has 0 bridgehead atoms. The van der Waals surface area contributed by atoms with Crippen LogP contribution in [0.25, 0.3) is 6.08 Å². The van der Waals surface area contributed by atoms with Crippen LogP contribution in [-0.4, -0.2) is 19.1 Å². The molecule has 0 radical (unpaired) electrons. The topological polar surface area (TPSA) is 104 Å². The second-order valence-corrected chi connectivity index (χ2v) is 7.28. The van der Waals surface area contributed by atoms with E-state index in [1.165, 1.54) is 6.08 Å². The third-order valence-electron chi connectivity index (χ3n) is 4.89. The zero-order valence-corrected chi connectivity index (χ0v) is 19.6. The number of nitrogens with one attached hydrogen (secondary N) is 1. The molecule has 0 fully saturated rings. The number of anilines is 1. The summed E-state index contributed by atoms with van der Waals surface area (Å²) >= 11 is 0. The molecular weight excluding hydrogens is 442 g/mol. The number of rotatable bonds is 10. The molecule has 0 atom stereocenters. The van der Waals surface area contributed by atoms with Gasteiger partial charge in [-0.2, -0.15) is 10.5 Å². The molecule has 0 aromatic heterocycles. The Labute approximate surface area is 204 Å². The number of carbonyl (C=O) groups is 1. The van der Waals surface area contributed by atoms with E-state index in [0.717, 1.165) is 5.56 Å². The third kappa shape index (κ3) is 6.86. The smallest absolute Gasteiger partial charge is 0.266 e. The zero-order chi connectivity index (χ0) is 25.0. The van der Waals surface area contributed by atoms with Crippen molar-refractivity contribution in [1.29, 1.82) is 10.5 Å².